The van der Waals surface area contributed by atoms with E-state index in [1.165, 1.54) is 98.4 Å². The van der Waals surface area contributed by atoms with E-state index in [4.69, 9.17) is 0 Å². The zero-order valence-electron chi connectivity index (χ0n) is 27.5. The lowest BCUT2D eigenvalue weighted by Gasteiger charge is -2.19. The average molecular weight is 633 g/mol. The van der Waals surface area contributed by atoms with Gasteiger partial charge in [0.2, 0.25) is 0 Å². The van der Waals surface area contributed by atoms with Gasteiger partial charge in [0.1, 0.15) is 0 Å². The molecule has 0 fully saturated rings. The Balaban J connectivity index is 1.17. The van der Waals surface area contributed by atoms with Crippen molar-refractivity contribution in [3.63, 3.8) is 0 Å². The molecule has 0 aliphatic carbocycles. The summed E-state index contributed by atoms with van der Waals surface area (Å²) in [4.78, 5) is 0. The molecule has 0 amide bonds. The van der Waals surface area contributed by atoms with Gasteiger partial charge in [0.15, 0.2) is 0 Å². The smallest absolute Gasteiger partial charge is 0.00262 e. The molecule has 232 valence electrons. The van der Waals surface area contributed by atoms with Crippen LogP contribution in [0.3, 0.4) is 0 Å². The van der Waals surface area contributed by atoms with Crippen molar-refractivity contribution in [2.75, 3.05) is 0 Å². The molecule has 0 aromatic heterocycles. The lowest BCUT2D eigenvalue weighted by Crippen LogP contribution is -1.91. The minimum absolute atomic E-state index is 1.23. The Hall–Kier alpha value is -6.50. The molecule has 0 unspecified atom stereocenters. The first-order valence-corrected chi connectivity index (χ1v) is 17.4. The van der Waals surface area contributed by atoms with E-state index < -0.39 is 0 Å². The van der Waals surface area contributed by atoms with E-state index in [2.05, 4.69) is 194 Å². The van der Waals surface area contributed by atoms with Gasteiger partial charge in [-0.25, -0.2) is 0 Å². The van der Waals surface area contributed by atoms with Gasteiger partial charge in [-0.2, -0.15) is 0 Å². The summed E-state index contributed by atoms with van der Waals surface area (Å²) in [7, 11) is 0. The average Bonchev–Trinajstić information content (AvgIpc) is 3.19. The molecule has 10 aromatic carbocycles. The van der Waals surface area contributed by atoms with Crippen LogP contribution in [0.25, 0.3) is 98.4 Å². The van der Waals surface area contributed by atoms with Gasteiger partial charge in [-0.05, 0) is 111 Å². The van der Waals surface area contributed by atoms with Gasteiger partial charge in [-0.3, -0.25) is 0 Å². The standard InChI is InChI=1S/C50H32/c1-3-18-39-33(13-1)15-12-26-40(39)34-27-29-35(30-28-34)49-44-22-7-9-24-46(44)50(47-25-10-8-23-45(47)49)38-17-11-16-36(31-38)48-32-37-14-2-4-19-41(37)42-20-5-6-21-43(42)48/h1-32H. The maximum absolute atomic E-state index is 2.39. The van der Waals surface area contributed by atoms with Crippen LogP contribution in [-0.2, 0) is 0 Å². The third kappa shape index (κ3) is 4.54. The first kappa shape index (κ1) is 28.5. The van der Waals surface area contributed by atoms with Crippen molar-refractivity contribution in [1.29, 1.82) is 0 Å². The van der Waals surface area contributed by atoms with Crippen molar-refractivity contribution < 1.29 is 0 Å². The largest absolute Gasteiger partial charge is 0.0616 e. The molecule has 0 radical (unpaired) electrons. The van der Waals surface area contributed by atoms with Crippen LogP contribution in [0.2, 0.25) is 0 Å². The number of fused-ring (bicyclic) bond motifs is 6. The third-order valence-electron chi connectivity index (χ3n) is 10.4. The first-order valence-electron chi connectivity index (χ1n) is 17.4. The minimum Gasteiger partial charge on any atom is -0.0616 e. The third-order valence-corrected chi connectivity index (χ3v) is 10.4. The van der Waals surface area contributed by atoms with Crippen molar-refractivity contribution in [1.82, 2.24) is 0 Å². The van der Waals surface area contributed by atoms with Crippen LogP contribution >= 0.6 is 0 Å². The fourth-order valence-electron chi connectivity index (χ4n) is 8.18. The molecule has 10 rings (SSSR count). The van der Waals surface area contributed by atoms with Crippen LogP contribution in [0.5, 0.6) is 0 Å². The van der Waals surface area contributed by atoms with E-state index in [1.54, 1.807) is 0 Å². The van der Waals surface area contributed by atoms with E-state index >= 15 is 0 Å². The normalized spacial score (nSPS) is 11.6. The monoisotopic (exact) mass is 632 g/mol. The summed E-state index contributed by atoms with van der Waals surface area (Å²) in [5.41, 5.74) is 9.99. The van der Waals surface area contributed by atoms with E-state index in [-0.39, 0.29) is 0 Å². The highest BCUT2D eigenvalue weighted by Gasteiger charge is 2.18. The van der Waals surface area contributed by atoms with E-state index in [0.29, 0.717) is 0 Å². The highest BCUT2D eigenvalue weighted by molar-refractivity contribution is 6.22. The number of benzene rings is 10. The van der Waals surface area contributed by atoms with Crippen LogP contribution in [0.4, 0.5) is 0 Å². The molecule has 0 heteroatoms. The maximum atomic E-state index is 2.39. The Morgan fingerprint density at radius 1 is 0.200 bits per heavy atom. The van der Waals surface area contributed by atoms with Crippen LogP contribution in [0, 0.1) is 0 Å². The van der Waals surface area contributed by atoms with Gasteiger partial charge in [0.05, 0.1) is 0 Å². The minimum atomic E-state index is 1.23. The summed E-state index contributed by atoms with van der Waals surface area (Å²) in [5, 5.41) is 12.7. The predicted octanol–water partition coefficient (Wildman–Crippen LogP) is 14.1. The van der Waals surface area contributed by atoms with E-state index in [1.807, 2.05) is 0 Å². The van der Waals surface area contributed by atoms with Crippen molar-refractivity contribution in [3.05, 3.63) is 194 Å². The topological polar surface area (TPSA) is 0 Å². The zero-order chi connectivity index (χ0) is 33.0. The Labute approximate surface area is 291 Å². The van der Waals surface area contributed by atoms with Crippen LogP contribution in [0.1, 0.15) is 0 Å². The fourth-order valence-corrected chi connectivity index (χ4v) is 8.18. The summed E-state index contributed by atoms with van der Waals surface area (Å²) in [6, 6.07) is 71.3. The van der Waals surface area contributed by atoms with Gasteiger partial charge in [-0.1, -0.05) is 182 Å². The predicted molar refractivity (Wildman–Crippen MR) is 216 cm³/mol. The summed E-state index contributed by atoms with van der Waals surface area (Å²) in [6.45, 7) is 0. The highest BCUT2D eigenvalue weighted by atomic mass is 14.2. The molecule has 0 N–H and O–H groups in total. The zero-order valence-corrected chi connectivity index (χ0v) is 27.5. The maximum Gasteiger partial charge on any atom is -0.00262 e. The summed E-state index contributed by atoms with van der Waals surface area (Å²) >= 11 is 0. The van der Waals surface area contributed by atoms with Gasteiger partial charge < -0.3 is 0 Å². The van der Waals surface area contributed by atoms with Gasteiger partial charge >= 0.3 is 0 Å². The molecule has 0 aliphatic rings. The Morgan fingerprint density at radius 2 is 0.660 bits per heavy atom. The molecule has 0 saturated heterocycles. The number of rotatable bonds is 4. The Bertz CT molecular complexity index is 2850. The quantitative estimate of drug-likeness (QED) is 0.134. The van der Waals surface area contributed by atoms with E-state index in [0.717, 1.165) is 0 Å². The molecule has 0 aliphatic heterocycles. The molecule has 0 saturated carbocycles. The summed E-state index contributed by atoms with van der Waals surface area (Å²) in [6.07, 6.45) is 0. The molecular weight excluding hydrogens is 601 g/mol. The van der Waals surface area contributed by atoms with Crippen molar-refractivity contribution in [2.45, 2.75) is 0 Å². The summed E-state index contributed by atoms with van der Waals surface area (Å²) < 4.78 is 0. The van der Waals surface area contributed by atoms with Crippen LogP contribution in [-0.4, -0.2) is 0 Å². The van der Waals surface area contributed by atoms with Crippen molar-refractivity contribution in [3.8, 4) is 44.5 Å². The summed E-state index contributed by atoms with van der Waals surface area (Å²) in [5.74, 6) is 0. The molecule has 0 bridgehead atoms. The lowest BCUT2D eigenvalue weighted by molar-refractivity contribution is 1.63. The Kier molecular flexibility index (Phi) is 6.60. The van der Waals surface area contributed by atoms with Gasteiger partial charge in [-0.15, -0.1) is 0 Å². The van der Waals surface area contributed by atoms with Crippen molar-refractivity contribution in [2.24, 2.45) is 0 Å². The SMILES string of the molecule is c1cc(-c2c3ccccc3c(-c3ccc(-c4cccc5ccccc45)cc3)c3ccccc23)cc(-c2cc3ccccc3c3ccccc23)c1. The molecule has 0 nitrogen and oxygen atoms in total. The molecule has 0 atom stereocenters. The second kappa shape index (κ2) is 11.6. The molecule has 0 heterocycles. The van der Waals surface area contributed by atoms with Gasteiger partial charge in [0, 0.05) is 0 Å². The molecular formula is C50H32. The second-order valence-electron chi connectivity index (χ2n) is 13.2. The van der Waals surface area contributed by atoms with Gasteiger partial charge in [0.25, 0.3) is 0 Å². The first-order chi connectivity index (χ1) is 24.8. The highest BCUT2D eigenvalue weighted by Crippen LogP contribution is 2.45. The lowest BCUT2D eigenvalue weighted by atomic mass is 9.84. The Morgan fingerprint density at radius 3 is 1.34 bits per heavy atom. The second-order valence-corrected chi connectivity index (χ2v) is 13.2. The van der Waals surface area contributed by atoms with E-state index in [9.17, 15) is 0 Å². The fraction of sp³-hybridized carbons (Fsp3) is 0. The molecule has 50 heavy (non-hydrogen) atoms. The number of hydrogen-bond donors (Lipinski definition) is 0. The molecule has 0 spiro atoms. The van der Waals surface area contributed by atoms with Crippen LogP contribution in [0.15, 0.2) is 194 Å². The van der Waals surface area contributed by atoms with Crippen LogP contribution < -0.4 is 0 Å². The number of hydrogen-bond acceptors (Lipinski definition) is 0. The molecule has 10 aromatic rings. The van der Waals surface area contributed by atoms with Crippen molar-refractivity contribution >= 4 is 53.9 Å².